The number of hydrogen-bond donors (Lipinski definition) is 3. The first kappa shape index (κ1) is 9.34. The third kappa shape index (κ3) is 3.59. The first-order chi connectivity index (χ1) is 5.79. The fourth-order valence-corrected chi connectivity index (χ4v) is 1.20. The van der Waals surface area contributed by atoms with Crippen LogP contribution in [0.25, 0.3) is 0 Å². The highest BCUT2D eigenvalue weighted by Crippen LogP contribution is 2.03. The summed E-state index contributed by atoms with van der Waals surface area (Å²) in [5, 5.41) is -0.459. The summed E-state index contributed by atoms with van der Waals surface area (Å²) in [6, 6.07) is 0. The molecule has 0 aliphatic carbocycles. The zero-order valence-electron chi connectivity index (χ0n) is 6.67. The van der Waals surface area contributed by atoms with Crippen molar-refractivity contribution >= 4 is 23.0 Å². The van der Waals surface area contributed by atoms with Crippen LogP contribution in [0.4, 0.5) is 4.79 Å². The molecule has 68 valence electrons. The minimum atomic E-state index is -0.459. The molecular formula is C6H12N4OS. The fourth-order valence-electron chi connectivity index (χ4n) is 0.934. The molecule has 12 heavy (non-hydrogen) atoms. The first-order valence-corrected chi connectivity index (χ1v) is 4.61. The summed E-state index contributed by atoms with van der Waals surface area (Å²) >= 11 is 0.822. The molecule has 0 radical (unpaired) electrons. The van der Waals surface area contributed by atoms with Crippen LogP contribution in [0.15, 0.2) is 4.99 Å². The summed E-state index contributed by atoms with van der Waals surface area (Å²) in [5.74, 6) is 0.898. The fraction of sp³-hybridized carbons (Fsp3) is 0.667. The van der Waals surface area contributed by atoms with E-state index in [2.05, 4.69) is 15.2 Å². The molecule has 0 fully saturated rings. The van der Waals surface area contributed by atoms with Crippen molar-refractivity contribution in [2.24, 2.45) is 10.7 Å². The van der Waals surface area contributed by atoms with E-state index >= 15 is 0 Å². The van der Waals surface area contributed by atoms with Crippen molar-refractivity contribution in [1.82, 2.24) is 10.3 Å². The molecule has 0 saturated heterocycles. The van der Waals surface area contributed by atoms with Crippen LogP contribution in [-0.4, -0.2) is 17.6 Å². The zero-order chi connectivity index (χ0) is 8.81. The third-order valence-electron chi connectivity index (χ3n) is 1.47. The summed E-state index contributed by atoms with van der Waals surface area (Å²) in [6.07, 6.45) is 3.23. The third-order valence-corrected chi connectivity index (χ3v) is 1.88. The molecule has 4 N–H and O–H groups in total. The van der Waals surface area contributed by atoms with Gasteiger partial charge in [-0.1, -0.05) is 0 Å². The molecule has 0 atom stereocenters. The van der Waals surface area contributed by atoms with Gasteiger partial charge in [0.1, 0.15) is 5.84 Å². The number of hydrazine groups is 1. The van der Waals surface area contributed by atoms with Crippen molar-refractivity contribution in [2.75, 3.05) is 6.54 Å². The predicted octanol–water partition coefficient (Wildman–Crippen LogP) is 0.390. The van der Waals surface area contributed by atoms with E-state index in [1.54, 1.807) is 0 Å². The van der Waals surface area contributed by atoms with E-state index in [9.17, 15) is 4.79 Å². The van der Waals surface area contributed by atoms with Crippen LogP contribution in [0.5, 0.6) is 0 Å². The average Bonchev–Trinajstić information content (AvgIpc) is 2.05. The Labute approximate surface area is 75.3 Å². The monoisotopic (exact) mass is 188 g/mol. The van der Waals surface area contributed by atoms with Gasteiger partial charge in [-0.3, -0.25) is 15.2 Å². The topological polar surface area (TPSA) is 79.5 Å². The molecule has 0 aromatic heterocycles. The van der Waals surface area contributed by atoms with Gasteiger partial charge in [0.05, 0.1) is 0 Å². The Bertz CT molecular complexity index is 194. The van der Waals surface area contributed by atoms with Gasteiger partial charge in [-0.25, -0.2) is 0 Å². The molecule has 1 rings (SSSR count). The van der Waals surface area contributed by atoms with Gasteiger partial charge in [0.15, 0.2) is 0 Å². The molecule has 0 spiro atoms. The van der Waals surface area contributed by atoms with E-state index in [1.807, 2.05) is 0 Å². The van der Waals surface area contributed by atoms with E-state index in [0.717, 1.165) is 43.6 Å². The molecule has 5 nitrogen and oxygen atoms in total. The highest BCUT2D eigenvalue weighted by atomic mass is 32.2. The summed E-state index contributed by atoms with van der Waals surface area (Å²) in [4.78, 5) is 17.1. The number of amides is 1. The van der Waals surface area contributed by atoms with Crippen LogP contribution in [-0.2, 0) is 0 Å². The van der Waals surface area contributed by atoms with Crippen molar-refractivity contribution in [3.8, 4) is 0 Å². The molecule has 1 aliphatic heterocycles. The summed E-state index contributed by atoms with van der Waals surface area (Å²) < 4.78 is 0. The lowest BCUT2D eigenvalue weighted by atomic mass is 10.2. The average molecular weight is 188 g/mol. The van der Waals surface area contributed by atoms with Gasteiger partial charge in [0.25, 0.3) is 5.24 Å². The van der Waals surface area contributed by atoms with Crippen LogP contribution in [0, 0.1) is 0 Å². The summed E-state index contributed by atoms with van der Waals surface area (Å²) in [7, 11) is 0. The minimum Gasteiger partial charge on any atom is -0.359 e. The number of amidine groups is 1. The molecule has 6 heteroatoms. The molecular weight excluding hydrogens is 176 g/mol. The number of rotatable bonds is 2. The van der Waals surface area contributed by atoms with Gasteiger partial charge in [-0.2, -0.15) is 4.83 Å². The maximum absolute atomic E-state index is 10.3. The second-order valence-corrected chi connectivity index (χ2v) is 3.24. The van der Waals surface area contributed by atoms with E-state index < -0.39 is 5.24 Å². The molecule has 1 amide bonds. The first-order valence-electron chi connectivity index (χ1n) is 3.79. The lowest BCUT2D eigenvalue weighted by Crippen LogP contribution is -2.35. The van der Waals surface area contributed by atoms with Crippen molar-refractivity contribution in [1.29, 1.82) is 0 Å². The number of nitrogens with two attached hydrogens (primary N) is 1. The van der Waals surface area contributed by atoms with E-state index in [0.29, 0.717) is 0 Å². The largest absolute Gasteiger partial charge is 0.359 e. The number of aliphatic imine (C=N–C) groups is 1. The molecule has 0 aromatic rings. The van der Waals surface area contributed by atoms with E-state index in [4.69, 9.17) is 5.73 Å². The zero-order valence-corrected chi connectivity index (χ0v) is 7.49. The van der Waals surface area contributed by atoms with Gasteiger partial charge in [-0.05, 0) is 12.8 Å². The van der Waals surface area contributed by atoms with Gasteiger partial charge >= 0.3 is 0 Å². The van der Waals surface area contributed by atoms with Gasteiger partial charge in [0.2, 0.25) is 0 Å². The van der Waals surface area contributed by atoms with Crippen LogP contribution in [0.2, 0.25) is 0 Å². The molecule has 0 saturated carbocycles. The highest BCUT2D eigenvalue weighted by molar-refractivity contribution is 8.11. The normalized spacial score (nSPS) is 16.8. The Balaban J connectivity index is 2.13. The Kier molecular flexibility index (Phi) is 3.89. The maximum Gasteiger partial charge on any atom is 0.293 e. The lowest BCUT2D eigenvalue weighted by molar-refractivity contribution is 0.267. The van der Waals surface area contributed by atoms with Crippen molar-refractivity contribution in [3.05, 3.63) is 0 Å². The van der Waals surface area contributed by atoms with Crippen molar-refractivity contribution in [3.63, 3.8) is 0 Å². The number of carbonyl (C=O) groups excluding carboxylic acids is 1. The highest BCUT2D eigenvalue weighted by Gasteiger charge is 2.03. The van der Waals surface area contributed by atoms with E-state index in [1.165, 1.54) is 0 Å². The van der Waals surface area contributed by atoms with Gasteiger partial charge in [0, 0.05) is 24.9 Å². The minimum absolute atomic E-state index is 0.459. The lowest BCUT2D eigenvalue weighted by Gasteiger charge is -2.12. The predicted molar refractivity (Wildman–Crippen MR) is 49.6 cm³/mol. The van der Waals surface area contributed by atoms with Crippen LogP contribution in [0.1, 0.15) is 19.3 Å². The van der Waals surface area contributed by atoms with Crippen LogP contribution >= 0.6 is 11.9 Å². The quantitative estimate of drug-likeness (QED) is 0.432. The Morgan fingerprint density at radius 3 is 3.00 bits per heavy atom. The standard InChI is InChI=1S/C6H12N4OS/c7-6(11)12-10-9-5-3-1-2-4-8-5/h10H,1-4H2,(H2,7,11)(H,8,9). The molecule has 0 aromatic carbocycles. The molecule has 1 aliphatic rings. The molecule has 0 bridgehead atoms. The van der Waals surface area contributed by atoms with Gasteiger partial charge in [-0.15, -0.1) is 0 Å². The smallest absolute Gasteiger partial charge is 0.293 e. The summed E-state index contributed by atoms with van der Waals surface area (Å²) in [6.45, 7) is 0.866. The van der Waals surface area contributed by atoms with Crippen molar-refractivity contribution < 1.29 is 4.79 Å². The van der Waals surface area contributed by atoms with Crippen molar-refractivity contribution in [2.45, 2.75) is 19.3 Å². The number of primary amides is 1. The molecule has 0 unspecified atom stereocenters. The maximum atomic E-state index is 10.3. The van der Waals surface area contributed by atoms with Crippen LogP contribution in [0.3, 0.4) is 0 Å². The van der Waals surface area contributed by atoms with Crippen LogP contribution < -0.4 is 16.0 Å². The number of carbonyl (C=O) groups is 1. The van der Waals surface area contributed by atoms with E-state index in [-0.39, 0.29) is 0 Å². The summed E-state index contributed by atoms with van der Waals surface area (Å²) in [5.41, 5.74) is 7.70. The Morgan fingerprint density at radius 2 is 2.42 bits per heavy atom. The second kappa shape index (κ2) is 5.00. The number of hydrogen-bond acceptors (Lipinski definition) is 5. The molecule has 1 heterocycles. The SMILES string of the molecule is NC(=O)SNNC1=NCCCC1. The second-order valence-electron chi connectivity index (χ2n) is 2.43. The number of nitrogens with one attached hydrogen (secondary N) is 2. The Hall–Kier alpha value is -0.750. The Morgan fingerprint density at radius 1 is 1.58 bits per heavy atom. The number of nitrogens with zero attached hydrogens (tertiary/aromatic N) is 1. The van der Waals surface area contributed by atoms with Gasteiger partial charge < -0.3 is 5.73 Å².